The predicted octanol–water partition coefficient (Wildman–Crippen LogP) is 4.30. The molecule has 4 rings (SSSR count). The molecule has 0 saturated heterocycles. The zero-order chi connectivity index (χ0) is 23.5. The molecule has 1 aliphatic carbocycles. The zero-order valence-corrected chi connectivity index (χ0v) is 20.0. The van der Waals surface area contributed by atoms with E-state index in [1.54, 1.807) is 21.1 Å². The van der Waals surface area contributed by atoms with Gasteiger partial charge in [-0.1, -0.05) is 0 Å². The molecule has 0 fully saturated rings. The third-order valence-electron chi connectivity index (χ3n) is 5.47. The number of fused-ring (bicyclic) bond motifs is 3. The number of methoxy groups -OCH3 is 2. The van der Waals surface area contributed by atoms with E-state index < -0.39 is 0 Å². The Labute approximate surface area is 196 Å². The Bertz CT molecular complexity index is 1170. The quantitative estimate of drug-likeness (QED) is 0.519. The van der Waals surface area contributed by atoms with Gasteiger partial charge < -0.3 is 24.1 Å². The van der Waals surface area contributed by atoms with Crippen molar-refractivity contribution >= 4 is 28.3 Å². The first kappa shape index (κ1) is 22.8. The summed E-state index contributed by atoms with van der Waals surface area (Å²) in [5, 5.41) is 3.36. The highest BCUT2D eigenvalue weighted by Crippen LogP contribution is 2.39. The van der Waals surface area contributed by atoms with Crippen LogP contribution in [0.15, 0.2) is 24.3 Å². The Morgan fingerprint density at radius 1 is 1.12 bits per heavy atom. The number of esters is 1. The molecule has 3 aromatic rings. The third-order valence-corrected chi connectivity index (χ3v) is 6.50. The lowest BCUT2D eigenvalue weighted by Crippen LogP contribution is -2.14. The zero-order valence-electron chi connectivity index (χ0n) is 19.2. The van der Waals surface area contributed by atoms with E-state index in [1.807, 2.05) is 28.8 Å². The summed E-state index contributed by atoms with van der Waals surface area (Å²) in [4.78, 5) is 30.3. The topological polar surface area (TPSA) is 91.7 Å². The van der Waals surface area contributed by atoms with E-state index in [4.69, 9.17) is 19.2 Å². The Hall–Kier alpha value is -3.33. The summed E-state index contributed by atoms with van der Waals surface area (Å²) in [5.41, 5.74) is 4.14. The molecule has 0 atom stereocenters. The highest BCUT2D eigenvalue weighted by atomic mass is 32.1. The van der Waals surface area contributed by atoms with E-state index in [0.29, 0.717) is 28.9 Å². The van der Waals surface area contributed by atoms with E-state index in [0.717, 1.165) is 46.7 Å². The number of hydrogen-bond acceptors (Lipinski definition) is 7. The highest BCUT2D eigenvalue weighted by Gasteiger charge is 2.28. The molecule has 2 aromatic heterocycles. The Kier molecular flexibility index (Phi) is 6.69. The second-order valence-corrected chi connectivity index (χ2v) is 8.84. The molecule has 2 heterocycles. The highest BCUT2D eigenvalue weighted by molar-refractivity contribution is 7.16. The Morgan fingerprint density at radius 2 is 1.85 bits per heavy atom. The number of rotatable bonds is 7. The van der Waals surface area contributed by atoms with Crippen molar-refractivity contribution in [1.29, 1.82) is 0 Å². The summed E-state index contributed by atoms with van der Waals surface area (Å²) in [6.07, 6.45) is 2.62. The molecular formula is C24H27N3O5S. The van der Waals surface area contributed by atoms with Crippen LogP contribution in [-0.2, 0) is 28.9 Å². The van der Waals surface area contributed by atoms with Crippen molar-refractivity contribution in [3.63, 3.8) is 0 Å². The van der Waals surface area contributed by atoms with E-state index in [-0.39, 0.29) is 18.5 Å². The molecule has 0 saturated carbocycles. The summed E-state index contributed by atoms with van der Waals surface area (Å²) in [5.74, 6) is 0.801. The van der Waals surface area contributed by atoms with Crippen LogP contribution >= 0.6 is 11.3 Å². The maximum Gasteiger partial charge on any atom is 0.354 e. The van der Waals surface area contributed by atoms with Crippen LogP contribution in [0.1, 0.15) is 46.8 Å². The van der Waals surface area contributed by atoms with Crippen LogP contribution in [0.4, 0.5) is 5.13 Å². The Morgan fingerprint density at radius 3 is 2.48 bits per heavy atom. The van der Waals surface area contributed by atoms with Crippen LogP contribution in [0.25, 0.3) is 11.4 Å². The molecule has 33 heavy (non-hydrogen) atoms. The molecular weight excluding hydrogens is 442 g/mol. The van der Waals surface area contributed by atoms with Gasteiger partial charge >= 0.3 is 5.97 Å². The molecule has 1 N–H and O–H groups in total. The fraction of sp³-hybridized carbons (Fsp3) is 0.375. The van der Waals surface area contributed by atoms with Gasteiger partial charge in [-0.05, 0) is 55.5 Å². The molecule has 0 unspecified atom stereocenters. The van der Waals surface area contributed by atoms with Gasteiger partial charge in [-0.3, -0.25) is 4.79 Å². The number of nitrogens with zero attached hydrogens (tertiary/aromatic N) is 2. The smallest absolute Gasteiger partial charge is 0.354 e. The summed E-state index contributed by atoms with van der Waals surface area (Å²) in [6, 6.07) is 7.57. The van der Waals surface area contributed by atoms with Crippen LogP contribution < -0.4 is 14.8 Å². The molecule has 8 nitrogen and oxygen atoms in total. The number of aromatic nitrogens is 2. The van der Waals surface area contributed by atoms with Crippen molar-refractivity contribution in [2.45, 2.75) is 39.7 Å². The second kappa shape index (κ2) is 9.66. The minimum atomic E-state index is -0.376. The first-order chi connectivity index (χ1) is 15.9. The standard InChI is InChI=1S/C24H27N3O5S/c1-5-32-23(29)19-11-16-7-6-8-20-21(26-24(33-20)25-14(2)28)22(16)27(19)13-15-9-17(30-3)12-18(10-15)31-4/h9-12H,5-8,13H2,1-4H3,(H,25,26,28). The number of carbonyl (C=O) groups is 2. The van der Waals surface area contributed by atoms with Gasteiger partial charge in [-0.15, -0.1) is 11.3 Å². The summed E-state index contributed by atoms with van der Waals surface area (Å²) in [7, 11) is 3.21. The van der Waals surface area contributed by atoms with Crippen LogP contribution in [0.3, 0.4) is 0 Å². The molecule has 1 aliphatic rings. The summed E-state index contributed by atoms with van der Waals surface area (Å²) < 4.78 is 18.2. The number of aryl methyl sites for hydroxylation is 2. The number of hydrogen-bond donors (Lipinski definition) is 1. The van der Waals surface area contributed by atoms with Crippen LogP contribution in [0.5, 0.6) is 11.5 Å². The average molecular weight is 470 g/mol. The molecule has 0 radical (unpaired) electrons. The number of ether oxygens (including phenoxy) is 3. The third kappa shape index (κ3) is 4.73. The van der Waals surface area contributed by atoms with Crippen molar-refractivity contribution in [2.75, 3.05) is 26.1 Å². The first-order valence-corrected chi connectivity index (χ1v) is 11.6. The molecule has 0 bridgehead atoms. The lowest BCUT2D eigenvalue weighted by atomic mass is 10.1. The SMILES string of the molecule is CCOC(=O)c1cc2c(n1Cc1cc(OC)cc(OC)c1)-c1nc(NC(C)=O)sc1CCC2. The van der Waals surface area contributed by atoms with Gasteiger partial charge in [0, 0.05) is 24.4 Å². The second-order valence-electron chi connectivity index (χ2n) is 7.76. The minimum absolute atomic E-state index is 0.162. The van der Waals surface area contributed by atoms with Crippen LogP contribution in [-0.4, -0.2) is 42.3 Å². The van der Waals surface area contributed by atoms with Crippen molar-refractivity contribution in [3.8, 4) is 22.9 Å². The maximum absolute atomic E-state index is 12.9. The van der Waals surface area contributed by atoms with E-state index in [9.17, 15) is 9.59 Å². The molecule has 9 heteroatoms. The van der Waals surface area contributed by atoms with Gasteiger partial charge in [-0.2, -0.15) is 0 Å². The van der Waals surface area contributed by atoms with Crippen molar-refractivity contribution in [3.05, 3.63) is 46.0 Å². The van der Waals surface area contributed by atoms with E-state index in [1.165, 1.54) is 18.3 Å². The van der Waals surface area contributed by atoms with Crippen LogP contribution in [0, 0.1) is 0 Å². The van der Waals surface area contributed by atoms with E-state index in [2.05, 4.69) is 5.32 Å². The number of thiazole rings is 1. The fourth-order valence-corrected chi connectivity index (χ4v) is 5.15. The maximum atomic E-state index is 12.9. The molecule has 0 spiro atoms. The molecule has 1 aromatic carbocycles. The predicted molar refractivity (Wildman–Crippen MR) is 126 cm³/mol. The number of amides is 1. The minimum Gasteiger partial charge on any atom is -0.497 e. The van der Waals surface area contributed by atoms with Gasteiger partial charge in [0.15, 0.2) is 5.13 Å². The van der Waals surface area contributed by atoms with Crippen LogP contribution in [0.2, 0.25) is 0 Å². The van der Waals surface area contributed by atoms with Gasteiger partial charge in [0.25, 0.3) is 0 Å². The fourth-order valence-electron chi connectivity index (χ4n) is 4.10. The Balaban J connectivity index is 1.87. The van der Waals surface area contributed by atoms with Crippen molar-refractivity contribution in [2.24, 2.45) is 0 Å². The lowest BCUT2D eigenvalue weighted by Gasteiger charge is -2.15. The number of benzene rings is 1. The molecule has 1 amide bonds. The normalized spacial score (nSPS) is 12.4. The van der Waals surface area contributed by atoms with E-state index >= 15 is 0 Å². The largest absolute Gasteiger partial charge is 0.497 e. The first-order valence-electron chi connectivity index (χ1n) is 10.8. The van der Waals surface area contributed by atoms with Crippen molar-refractivity contribution < 1.29 is 23.8 Å². The van der Waals surface area contributed by atoms with Gasteiger partial charge in [-0.25, -0.2) is 9.78 Å². The number of carbonyl (C=O) groups excluding carboxylic acids is 2. The number of nitrogens with one attached hydrogen (secondary N) is 1. The molecule has 0 aliphatic heterocycles. The lowest BCUT2D eigenvalue weighted by molar-refractivity contribution is -0.114. The van der Waals surface area contributed by atoms with Gasteiger partial charge in [0.1, 0.15) is 22.9 Å². The van der Waals surface area contributed by atoms with Gasteiger partial charge in [0.05, 0.1) is 26.5 Å². The average Bonchev–Trinajstić information content (AvgIpc) is 3.29. The summed E-state index contributed by atoms with van der Waals surface area (Å²) in [6.45, 7) is 3.96. The van der Waals surface area contributed by atoms with Gasteiger partial charge in [0.2, 0.25) is 5.91 Å². The molecule has 174 valence electrons. The monoisotopic (exact) mass is 469 g/mol. The number of anilines is 1. The summed E-state index contributed by atoms with van der Waals surface area (Å²) >= 11 is 1.48. The van der Waals surface area contributed by atoms with Crippen molar-refractivity contribution in [1.82, 2.24) is 9.55 Å².